The molecule has 0 spiro atoms. The number of benzene rings is 2. The monoisotopic (exact) mass is 331 g/mol. The summed E-state index contributed by atoms with van der Waals surface area (Å²) in [7, 11) is 1.42. The number of nitrogens with one attached hydrogen (secondary N) is 1. The van der Waals surface area contributed by atoms with Crippen LogP contribution in [0.4, 0.5) is 8.78 Å². The van der Waals surface area contributed by atoms with E-state index >= 15 is 0 Å². The van der Waals surface area contributed by atoms with Crippen LogP contribution in [0.5, 0.6) is 5.75 Å². The molecule has 24 heavy (non-hydrogen) atoms. The third kappa shape index (κ3) is 2.40. The Balaban J connectivity index is 2.48. The van der Waals surface area contributed by atoms with Crippen LogP contribution in [0.1, 0.15) is 10.4 Å². The quantitative estimate of drug-likeness (QED) is 0.772. The highest BCUT2D eigenvalue weighted by molar-refractivity contribution is 5.99. The third-order valence-corrected chi connectivity index (χ3v) is 3.63. The van der Waals surface area contributed by atoms with Gasteiger partial charge >= 0.3 is 5.97 Å². The molecule has 5 nitrogen and oxygen atoms in total. The Morgan fingerprint density at radius 1 is 1.17 bits per heavy atom. The van der Waals surface area contributed by atoms with Crippen molar-refractivity contribution in [3.63, 3.8) is 0 Å². The molecule has 0 aliphatic rings. The van der Waals surface area contributed by atoms with Crippen LogP contribution in [0.3, 0.4) is 0 Å². The number of ether oxygens (including phenoxy) is 1. The lowest BCUT2D eigenvalue weighted by Crippen LogP contribution is -2.18. The zero-order valence-electron chi connectivity index (χ0n) is 12.4. The molecule has 0 unspecified atom stereocenters. The third-order valence-electron chi connectivity index (χ3n) is 3.63. The molecule has 2 aromatic carbocycles. The number of hydrogen-bond donors (Lipinski definition) is 2. The number of pyridine rings is 1. The molecule has 0 saturated heterocycles. The standard InChI is InChI=1S/C17H11F2NO4/c1-24-8-5-6-9-12(7-8)20-15(14(16(9)21)17(22)23)13-10(18)3-2-4-11(13)19/h2-7H,1H3,(H,20,21)(H,22,23). The molecule has 3 aromatic rings. The second-order valence-corrected chi connectivity index (χ2v) is 5.02. The second kappa shape index (κ2) is 5.77. The Morgan fingerprint density at radius 2 is 1.83 bits per heavy atom. The Hall–Kier alpha value is -3.22. The van der Waals surface area contributed by atoms with E-state index in [2.05, 4.69) is 4.98 Å². The number of hydrogen-bond acceptors (Lipinski definition) is 3. The molecule has 0 fully saturated rings. The van der Waals surface area contributed by atoms with Crippen molar-refractivity contribution < 1.29 is 23.4 Å². The van der Waals surface area contributed by atoms with Crippen LogP contribution in [0.2, 0.25) is 0 Å². The van der Waals surface area contributed by atoms with Crippen molar-refractivity contribution in [1.29, 1.82) is 0 Å². The first-order valence-corrected chi connectivity index (χ1v) is 6.85. The van der Waals surface area contributed by atoms with Gasteiger partial charge in [0.2, 0.25) is 5.43 Å². The fourth-order valence-electron chi connectivity index (χ4n) is 2.53. The summed E-state index contributed by atoms with van der Waals surface area (Å²) in [5.74, 6) is -3.13. The van der Waals surface area contributed by atoms with Crippen LogP contribution in [-0.4, -0.2) is 23.2 Å². The minimum Gasteiger partial charge on any atom is -0.497 e. The van der Waals surface area contributed by atoms with Gasteiger partial charge < -0.3 is 14.8 Å². The average molecular weight is 331 g/mol. The van der Waals surface area contributed by atoms with E-state index < -0.39 is 39.9 Å². The molecule has 0 aliphatic heterocycles. The lowest BCUT2D eigenvalue weighted by molar-refractivity contribution is 0.0696. The van der Waals surface area contributed by atoms with Crippen molar-refractivity contribution in [2.75, 3.05) is 7.11 Å². The summed E-state index contributed by atoms with van der Waals surface area (Å²) in [5, 5.41) is 9.44. The number of aromatic carboxylic acids is 1. The molecule has 2 N–H and O–H groups in total. The summed E-state index contributed by atoms with van der Waals surface area (Å²) in [6.45, 7) is 0. The average Bonchev–Trinajstić information content (AvgIpc) is 2.53. The van der Waals surface area contributed by atoms with E-state index in [0.29, 0.717) is 5.75 Å². The van der Waals surface area contributed by atoms with Crippen molar-refractivity contribution in [2.45, 2.75) is 0 Å². The van der Waals surface area contributed by atoms with Gasteiger partial charge in [-0.25, -0.2) is 13.6 Å². The lowest BCUT2D eigenvalue weighted by atomic mass is 10.0. The Morgan fingerprint density at radius 3 is 2.42 bits per heavy atom. The molecule has 3 rings (SSSR count). The number of aromatic nitrogens is 1. The van der Waals surface area contributed by atoms with Crippen LogP contribution in [-0.2, 0) is 0 Å². The van der Waals surface area contributed by atoms with E-state index in [1.165, 1.54) is 25.3 Å². The molecular weight excluding hydrogens is 320 g/mol. The number of methoxy groups -OCH3 is 1. The number of H-pyrrole nitrogens is 1. The summed E-state index contributed by atoms with van der Waals surface area (Å²) in [6.07, 6.45) is 0. The number of rotatable bonds is 3. The van der Waals surface area contributed by atoms with Gasteiger partial charge in [0, 0.05) is 11.5 Å². The zero-order chi connectivity index (χ0) is 17.4. The van der Waals surface area contributed by atoms with Crippen LogP contribution >= 0.6 is 0 Å². The van der Waals surface area contributed by atoms with Crippen LogP contribution < -0.4 is 10.2 Å². The van der Waals surface area contributed by atoms with E-state index in [4.69, 9.17) is 4.74 Å². The number of carboxylic acid groups (broad SMARTS) is 1. The molecule has 0 amide bonds. The molecule has 0 aliphatic carbocycles. The molecule has 122 valence electrons. The summed E-state index contributed by atoms with van der Waals surface area (Å²) in [5.41, 5.74) is -2.38. The first-order chi connectivity index (χ1) is 11.4. The number of halogens is 2. The van der Waals surface area contributed by atoms with Gasteiger partial charge in [0.25, 0.3) is 0 Å². The van der Waals surface area contributed by atoms with Crippen molar-refractivity contribution in [3.8, 4) is 17.0 Å². The highest BCUT2D eigenvalue weighted by Gasteiger charge is 2.24. The second-order valence-electron chi connectivity index (χ2n) is 5.02. The zero-order valence-corrected chi connectivity index (χ0v) is 12.4. The fraction of sp³-hybridized carbons (Fsp3) is 0.0588. The molecule has 0 atom stereocenters. The fourth-order valence-corrected chi connectivity index (χ4v) is 2.53. The summed E-state index contributed by atoms with van der Waals surface area (Å²) < 4.78 is 33.2. The predicted octanol–water partition coefficient (Wildman–Crippen LogP) is 3.18. The molecule has 7 heteroatoms. The van der Waals surface area contributed by atoms with E-state index in [9.17, 15) is 23.5 Å². The van der Waals surface area contributed by atoms with Gasteiger partial charge in [0.05, 0.1) is 23.9 Å². The van der Waals surface area contributed by atoms with Crippen molar-refractivity contribution in [3.05, 3.63) is 63.8 Å². The van der Waals surface area contributed by atoms with Crippen LogP contribution in [0.25, 0.3) is 22.2 Å². The minimum absolute atomic E-state index is 0.0775. The minimum atomic E-state index is -1.58. The van der Waals surface area contributed by atoms with Crippen LogP contribution in [0.15, 0.2) is 41.2 Å². The summed E-state index contributed by atoms with van der Waals surface area (Å²) in [6, 6.07) is 7.45. The highest BCUT2D eigenvalue weighted by Crippen LogP contribution is 2.28. The Labute approximate surface area is 134 Å². The Bertz CT molecular complexity index is 1010. The van der Waals surface area contributed by atoms with E-state index in [1.807, 2.05) is 0 Å². The van der Waals surface area contributed by atoms with Gasteiger partial charge in [-0.2, -0.15) is 0 Å². The smallest absolute Gasteiger partial charge is 0.341 e. The molecular formula is C17H11F2NO4. The van der Waals surface area contributed by atoms with E-state index in [-0.39, 0.29) is 10.9 Å². The number of fused-ring (bicyclic) bond motifs is 1. The summed E-state index contributed by atoms with van der Waals surface area (Å²) in [4.78, 5) is 26.7. The number of carboxylic acids is 1. The molecule has 0 radical (unpaired) electrons. The van der Waals surface area contributed by atoms with E-state index in [0.717, 1.165) is 18.2 Å². The van der Waals surface area contributed by atoms with Gasteiger partial charge in [-0.1, -0.05) is 6.07 Å². The SMILES string of the molecule is COc1ccc2c(=O)c(C(=O)O)c(-c3c(F)cccc3F)[nH]c2c1. The number of carbonyl (C=O) groups is 1. The van der Waals surface area contributed by atoms with Crippen molar-refractivity contribution >= 4 is 16.9 Å². The molecule has 0 saturated carbocycles. The molecule has 1 aromatic heterocycles. The first-order valence-electron chi connectivity index (χ1n) is 6.85. The maximum Gasteiger partial charge on any atom is 0.341 e. The van der Waals surface area contributed by atoms with Crippen molar-refractivity contribution in [1.82, 2.24) is 4.98 Å². The highest BCUT2D eigenvalue weighted by atomic mass is 19.1. The van der Waals surface area contributed by atoms with Gasteiger partial charge in [-0.05, 0) is 24.3 Å². The first kappa shape index (κ1) is 15.7. The summed E-state index contributed by atoms with van der Waals surface area (Å²) >= 11 is 0. The van der Waals surface area contributed by atoms with Crippen LogP contribution in [0, 0.1) is 11.6 Å². The normalized spacial score (nSPS) is 10.8. The van der Waals surface area contributed by atoms with Gasteiger partial charge in [-0.15, -0.1) is 0 Å². The van der Waals surface area contributed by atoms with Crippen molar-refractivity contribution in [2.24, 2.45) is 0 Å². The predicted molar refractivity (Wildman–Crippen MR) is 83.4 cm³/mol. The van der Waals surface area contributed by atoms with Gasteiger partial charge in [0.1, 0.15) is 22.9 Å². The lowest BCUT2D eigenvalue weighted by Gasteiger charge is -2.11. The topological polar surface area (TPSA) is 79.4 Å². The van der Waals surface area contributed by atoms with Gasteiger partial charge in [-0.3, -0.25) is 4.79 Å². The molecule has 0 bridgehead atoms. The maximum atomic E-state index is 14.1. The van der Waals surface area contributed by atoms with Gasteiger partial charge in [0.15, 0.2) is 0 Å². The number of aromatic amines is 1. The maximum absolute atomic E-state index is 14.1. The van der Waals surface area contributed by atoms with E-state index in [1.54, 1.807) is 0 Å². The largest absolute Gasteiger partial charge is 0.497 e. The molecule has 1 heterocycles. The Kier molecular flexibility index (Phi) is 3.76.